The zero-order valence-electron chi connectivity index (χ0n) is 7.57. The maximum Gasteiger partial charge on any atom is 0.339 e. The number of carbonyl (C=O) groups is 2. The second-order valence-electron chi connectivity index (χ2n) is 2.91. The highest BCUT2D eigenvalue weighted by atomic mass is 16.5. The van der Waals surface area contributed by atoms with Gasteiger partial charge in [-0.15, -0.1) is 0 Å². The molecule has 1 heterocycles. The van der Waals surface area contributed by atoms with E-state index in [1.807, 2.05) is 0 Å². The van der Waals surface area contributed by atoms with Crippen molar-refractivity contribution in [2.75, 3.05) is 7.11 Å². The van der Waals surface area contributed by atoms with E-state index < -0.39 is 11.9 Å². The summed E-state index contributed by atoms with van der Waals surface area (Å²) in [6.07, 6.45) is 0. The van der Waals surface area contributed by atoms with Crippen LogP contribution in [0.3, 0.4) is 0 Å². The molecule has 0 atom stereocenters. The maximum atomic E-state index is 11.3. The fourth-order valence-corrected chi connectivity index (χ4v) is 1.46. The van der Waals surface area contributed by atoms with Gasteiger partial charge in [-0.2, -0.15) is 0 Å². The minimum absolute atomic E-state index is 0.235. The number of benzene rings is 1. The van der Waals surface area contributed by atoms with Crippen molar-refractivity contribution in [1.82, 2.24) is 0 Å². The minimum Gasteiger partial charge on any atom is -0.465 e. The molecule has 0 saturated carbocycles. The molecule has 0 fully saturated rings. The number of methoxy groups -OCH3 is 1. The number of hydrogen-bond donors (Lipinski definition) is 0. The van der Waals surface area contributed by atoms with Crippen molar-refractivity contribution >= 4 is 11.9 Å². The quantitative estimate of drug-likeness (QED) is 0.626. The number of carbonyl (C=O) groups excluding carboxylic acids is 2. The maximum absolute atomic E-state index is 11.3. The average Bonchev–Trinajstić information content (AvgIpc) is 2.59. The molecule has 14 heavy (non-hydrogen) atoms. The summed E-state index contributed by atoms with van der Waals surface area (Å²) in [5, 5.41) is 0. The lowest BCUT2D eigenvalue weighted by atomic mass is 10.0. The summed E-state index contributed by atoms with van der Waals surface area (Å²) in [4.78, 5) is 22.6. The van der Waals surface area contributed by atoms with Crippen molar-refractivity contribution < 1.29 is 19.1 Å². The van der Waals surface area contributed by atoms with Gasteiger partial charge in [0.25, 0.3) is 0 Å². The van der Waals surface area contributed by atoms with Gasteiger partial charge in [-0.25, -0.2) is 9.59 Å². The summed E-state index contributed by atoms with van der Waals surface area (Å²) >= 11 is 0. The molecule has 1 aliphatic heterocycles. The highest BCUT2D eigenvalue weighted by molar-refractivity contribution is 6.05. The van der Waals surface area contributed by atoms with Crippen LogP contribution in [0.25, 0.3) is 0 Å². The monoisotopic (exact) mass is 192 g/mol. The molecular weight excluding hydrogens is 184 g/mol. The largest absolute Gasteiger partial charge is 0.465 e. The number of hydrogen-bond acceptors (Lipinski definition) is 4. The number of rotatable bonds is 1. The molecule has 1 aliphatic rings. The lowest BCUT2D eigenvalue weighted by Crippen LogP contribution is -2.08. The lowest BCUT2D eigenvalue weighted by Gasteiger charge is -2.02. The van der Waals surface area contributed by atoms with Crippen LogP contribution in [0, 0.1) is 0 Å². The first-order valence-corrected chi connectivity index (χ1v) is 4.11. The summed E-state index contributed by atoms with van der Waals surface area (Å²) in [7, 11) is 1.28. The summed E-state index contributed by atoms with van der Waals surface area (Å²) in [5.74, 6) is -0.971. The highest BCUT2D eigenvalue weighted by Crippen LogP contribution is 2.23. The van der Waals surface area contributed by atoms with Crippen molar-refractivity contribution in [1.29, 1.82) is 0 Å². The van der Waals surface area contributed by atoms with E-state index in [0.29, 0.717) is 5.56 Å². The van der Waals surface area contributed by atoms with Crippen molar-refractivity contribution in [3.05, 3.63) is 34.9 Å². The Morgan fingerprint density at radius 3 is 3.00 bits per heavy atom. The summed E-state index contributed by atoms with van der Waals surface area (Å²) < 4.78 is 9.38. The molecule has 0 spiro atoms. The van der Waals surface area contributed by atoms with Crippen molar-refractivity contribution in [2.24, 2.45) is 0 Å². The predicted octanol–water partition coefficient (Wildman–Crippen LogP) is 1.14. The zero-order valence-corrected chi connectivity index (χ0v) is 7.57. The minimum atomic E-state index is -0.513. The number of cyclic esters (lactones) is 1. The van der Waals surface area contributed by atoms with Crippen LogP contribution in [0.4, 0.5) is 0 Å². The molecule has 0 amide bonds. The van der Waals surface area contributed by atoms with E-state index in [9.17, 15) is 9.59 Å². The van der Waals surface area contributed by atoms with Crippen molar-refractivity contribution in [3.63, 3.8) is 0 Å². The van der Waals surface area contributed by atoms with Crippen LogP contribution in [0.2, 0.25) is 0 Å². The second-order valence-corrected chi connectivity index (χ2v) is 2.91. The normalized spacial score (nSPS) is 13.4. The van der Waals surface area contributed by atoms with Gasteiger partial charge in [0.15, 0.2) is 0 Å². The molecule has 4 heteroatoms. The van der Waals surface area contributed by atoms with Crippen LogP contribution in [0.5, 0.6) is 0 Å². The molecule has 72 valence electrons. The highest BCUT2D eigenvalue weighted by Gasteiger charge is 2.27. The Bertz CT molecular complexity index is 409. The Labute approximate surface area is 80.4 Å². The Kier molecular flexibility index (Phi) is 1.96. The third-order valence-corrected chi connectivity index (χ3v) is 2.12. The number of fused-ring (bicyclic) bond motifs is 1. The molecule has 0 N–H and O–H groups in total. The Balaban J connectivity index is 2.57. The van der Waals surface area contributed by atoms with Crippen LogP contribution in [-0.2, 0) is 16.1 Å². The van der Waals surface area contributed by atoms with Gasteiger partial charge in [0, 0.05) is 5.56 Å². The van der Waals surface area contributed by atoms with Gasteiger partial charge >= 0.3 is 11.9 Å². The molecule has 0 bridgehead atoms. The standard InChI is InChI=1S/C10H8O4/c1-13-9(11)7-4-2-3-6-5-14-10(12)8(6)7/h2-4H,5H2,1H3. The van der Waals surface area contributed by atoms with E-state index in [2.05, 4.69) is 4.74 Å². The molecule has 0 unspecified atom stereocenters. The zero-order chi connectivity index (χ0) is 10.1. The van der Waals surface area contributed by atoms with Gasteiger partial charge in [0.05, 0.1) is 18.2 Å². The van der Waals surface area contributed by atoms with Gasteiger partial charge < -0.3 is 9.47 Å². The van der Waals surface area contributed by atoms with Crippen LogP contribution in [0.15, 0.2) is 18.2 Å². The van der Waals surface area contributed by atoms with E-state index in [0.717, 1.165) is 5.56 Å². The number of esters is 2. The van der Waals surface area contributed by atoms with Crippen molar-refractivity contribution in [2.45, 2.75) is 6.61 Å². The van der Waals surface area contributed by atoms with E-state index in [1.165, 1.54) is 7.11 Å². The Hall–Kier alpha value is -1.84. The van der Waals surface area contributed by atoms with Crippen LogP contribution in [0.1, 0.15) is 26.3 Å². The lowest BCUT2D eigenvalue weighted by molar-refractivity contribution is 0.0517. The molecule has 4 nitrogen and oxygen atoms in total. The molecule has 1 aromatic rings. The molecule has 0 aliphatic carbocycles. The summed E-state index contributed by atoms with van der Waals surface area (Å²) in [5.41, 5.74) is 1.34. The third-order valence-electron chi connectivity index (χ3n) is 2.12. The Morgan fingerprint density at radius 1 is 1.50 bits per heavy atom. The van der Waals surface area contributed by atoms with Crippen molar-refractivity contribution in [3.8, 4) is 0 Å². The SMILES string of the molecule is COC(=O)c1cccc2c1C(=O)OC2. The van der Waals surface area contributed by atoms with Gasteiger partial charge in [0.1, 0.15) is 6.61 Å². The van der Waals surface area contributed by atoms with Gasteiger partial charge in [-0.05, 0) is 6.07 Å². The predicted molar refractivity (Wildman–Crippen MR) is 46.9 cm³/mol. The van der Waals surface area contributed by atoms with E-state index >= 15 is 0 Å². The van der Waals surface area contributed by atoms with E-state index in [-0.39, 0.29) is 12.2 Å². The molecule has 0 saturated heterocycles. The van der Waals surface area contributed by atoms with Crippen LogP contribution < -0.4 is 0 Å². The van der Waals surface area contributed by atoms with E-state index in [4.69, 9.17) is 4.74 Å². The van der Waals surface area contributed by atoms with Crippen LogP contribution in [-0.4, -0.2) is 19.0 Å². The molecule has 0 aromatic heterocycles. The fraction of sp³-hybridized carbons (Fsp3) is 0.200. The molecule has 0 radical (unpaired) electrons. The van der Waals surface area contributed by atoms with Crippen LogP contribution >= 0.6 is 0 Å². The Morgan fingerprint density at radius 2 is 2.29 bits per heavy atom. The van der Waals surface area contributed by atoms with Gasteiger partial charge in [-0.1, -0.05) is 12.1 Å². The average molecular weight is 192 g/mol. The first kappa shape index (κ1) is 8.74. The van der Waals surface area contributed by atoms with E-state index in [1.54, 1.807) is 18.2 Å². The first-order valence-electron chi connectivity index (χ1n) is 4.11. The first-order chi connectivity index (χ1) is 6.74. The topological polar surface area (TPSA) is 52.6 Å². The number of ether oxygens (including phenoxy) is 2. The molecular formula is C10H8O4. The summed E-state index contributed by atoms with van der Waals surface area (Å²) in [6, 6.07) is 5.01. The molecule has 2 rings (SSSR count). The summed E-state index contributed by atoms with van der Waals surface area (Å²) in [6.45, 7) is 0.235. The second kappa shape index (κ2) is 3.14. The smallest absolute Gasteiger partial charge is 0.339 e. The molecule has 1 aromatic carbocycles. The van der Waals surface area contributed by atoms with Gasteiger partial charge in [-0.3, -0.25) is 0 Å². The van der Waals surface area contributed by atoms with Gasteiger partial charge in [0.2, 0.25) is 0 Å². The fourth-order valence-electron chi connectivity index (χ4n) is 1.46. The third kappa shape index (κ3) is 1.16.